The molecule has 0 aliphatic carbocycles. The average molecular weight is 558 g/mol. The van der Waals surface area contributed by atoms with E-state index >= 15 is 0 Å². The molecule has 38 heavy (non-hydrogen) atoms. The van der Waals surface area contributed by atoms with Crippen molar-refractivity contribution >= 4 is 27.6 Å². The number of nitrogens with zero attached hydrogens (tertiary/aromatic N) is 6. The van der Waals surface area contributed by atoms with Gasteiger partial charge in [-0.05, 0) is 38.1 Å². The van der Waals surface area contributed by atoms with Crippen LogP contribution >= 0.6 is 11.6 Å². The highest BCUT2D eigenvalue weighted by molar-refractivity contribution is 7.93. The Labute approximate surface area is 226 Å². The zero-order valence-electron chi connectivity index (χ0n) is 21.5. The molecule has 3 aromatic heterocycles. The van der Waals surface area contributed by atoms with E-state index in [0.29, 0.717) is 33.9 Å². The Balaban J connectivity index is 1.81. The van der Waals surface area contributed by atoms with Crippen molar-refractivity contribution in [1.29, 1.82) is 0 Å². The number of rotatable bonds is 10. The van der Waals surface area contributed by atoms with E-state index in [1.165, 1.54) is 26.6 Å². The van der Waals surface area contributed by atoms with E-state index in [-0.39, 0.29) is 11.9 Å². The molecule has 4 rings (SSSR count). The van der Waals surface area contributed by atoms with Crippen LogP contribution in [0.5, 0.6) is 11.5 Å². The molecule has 3 atom stereocenters. The van der Waals surface area contributed by atoms with Gasteiger partial charge in [-0.3, -0.25) is 14.3 Å². The van der Waals surface area contributed by atoms with Gasteiger partial charge in [0.25, 0.3) is 0 Å². The van der Waals surface area contributed by atoms with Gasteiger partial charge in [-0.1, -0.05) is 30.7 Å². The lowest BCUT2D eigenvalue weighted by Crippen LogP contribution is -2.31. The number of methoxy groups -OCH3 is 2. The molecular weight excluding hydrogens is 530 g/mol. The summed E-state index contributed by atoms with van der Waals surface area (Å²) >= 11 is 5.89. The first-order valence-electron chi connectivity index (χ1n) is 11.7. The van der Waals surface area contributed by atoms with Crippen LogP contribution < -0.4 is 14.2 Å². The van der Waals surface area contributed by atoms with E-state index in [2.05, 4.69) is 29.9 Å². The second kappa shape index (κ2) is 11.3. The molecule has 1 aromatic carbocycles. The first-order chi connectivity index (χ1) is 18.2. The molecule has 1 N–H and O–H groups in total. The molecule has 0 aliphatic heterocycles. The fraction of sp³-hybridized carbons (Fsp3) is 0.320. The van der Waals surface area contributed by atoms with Gasteiger partial charge in [-0.15, -0.1) is 10.2 Å². The molecule has 13 heteroatoms. The number of sulfonamides is 1. The minimum absolute atomic E-state index is 0.0262. The van der Waals surface area contributed by atoms with Gasteiger partial charge >= 0.3 is 0 Å². The summed E-state index contributed by atoms with van der Waals surface area (Å²) in [7, 11) is -0.965. The molecule has 4 aromatic rings. The van der Waals surface area contributed by atoms with Crippen LogP contribution in [0.2, 0.25) is 5.02 Å². The molecule has 0 saturated carbocycles. The summed E-state index contributed by atoms with van der Waals surface area (Å²) in [5.74, 6) is 0.742. The quantitative estimate of drug-likeness (QED) is 0.304. The van der Waals surface area contributed by atoms with E-state index in [4.69, 9.17) is 21.1 Å². The van der Waals surface area contributed by atoms with Crippen LogP contribution in [0.25, 0.3) is 5.69 Å². The van der Waals surface area contributed by atoms with Crippen LogP contribution in [0.4, 0.5) is 5.95 Å². The van der Waals surface area contributed by atoms with Crippen molar-refractivity contribution in [3.8, 4) is 17.2 Å². The molecule has 0 radical (unpaired) electrons. The molecule has 0 fully saturated rings. The Morgan fingerprint density at radius 2 is 1.58 bits per heavy atom. The van der Waals surface area contributed by atoms with Crippen LogP contribution in [0.3, 0.4) is 0 Å². The van der Waals surface area contributed by atoms with Gasteiger partial charge < -0.3 is 9.47 Å². The molecule has 0 aliphatic rings. The maximum Gasteiger partial charge on any atom is 0.243 e. The molecule has 0 amide bonds. The highest BCUT2D eigenvalue weighted by Crippen LogP contribution is 2.38. The fourth-order valence-electron chi connectivity index (χ4n) is 3.94. The van der Waals surface area contributed by atoms with Crippen molar-refractivity contribution in [2.45, 2.75) is 37.9 Å². The second-order valence-electron chi connectivity index (χ2n) is 8.60. The zero-order chi connectivity index (χ0) is 27.4. The molecule has 3 heterocycles. The van der Waals surface area contributed by atoms with Crippen molar-refractivity contribution in [2.75, 3.05) is 18.9 Å². The summed E-state index contributed by atoms with van der Waals surface area (Å²) in [6.45, 7) is 5.22. The summed E-state index contributed by atoms with van der Waals surface area (Å²) in [5.41, 5.74) is 1.17. The summed E-state index contributed by atoms with van der Waals surface area (Å²) in [4.78, 5) is 12.8. The lowest BCUT2D eigenvalue weighted by Gasteiger charge is -2.22. The van der Waals surface area contributed by atoms with Crippen molar-refractivity contribution < 1.29 is 17.9 Å². The number of nitrogens with one attached hydrogen (secondary N) is 1. The molecule has 0 saturated heterocycles. The van der Waals surface area contributed by atoms with Gasteiger partial charge in [0.2, 0.25) is 16.0 Å². The molecule has 0 spiro atoms. The predicted molar refractivity (Wildman–Crippen MR) is 144 cm³/mol. The van der Waals surface area contributed by atoms with Gasteiger partial charge in [-0.2, -0.15) is 0 Å². The lowest BCUT2D eigenvalue weighted by molar-refractivity contribution is 0.390. The monoisotopic (exact) mass is 557 g/mol. The van der Waals surface area contributed by atoms with Crippen LogP contribution in [0.15, 0.2) is 55.0 Å². The van der Waals surface area contributed by atoms with Crippen molar-refractivity contribution in [2.24, 2.45) is 0 Å². The third-order valence-electron chi connectivity index (χ3n) is 6.31. The average Bonchev–Trinajstić information content (AvgIpc) is 3.34. The number of halogens is 1. The van der Waals surface area contributed by atoms with Crippen LogP contribution in [0, 0.1) is 0 Å². The normalized spacial score (nSPS) is 13.9. The molecule has 11 nitrogen and oxygen atoms in total. The van der Waals surface area contributed by atoms with Gasteiger partial charge in [0, 0.05) is 24.5 Å². The first-order valence-corrected chi connectivity index (χ1v) is 13.7. The van der Waals surface area contributed by atoms with Crippen LogP contribution in [-0.4, -0.2) is 57.6 Å². The standard InChI is InChI=1S/C25H28ClN7O4S/c1-15(23-28-13-18(26)14-29-23)17(3)38(34,35)32-25-31-30-24(16(2)19-9-6-7-12-27-19)33(25)22-20(36-4)10-8-11-21(22)37-5/h6-17H,1-5H3,(H,31,32)/t15-,16-,17-/m0/s1. The zero-order valence-corrected chi connectivity index (χ0v) is 23.1. The van der Waals surface area contributed by atoms with Gasteiger partial charge in [0.1, 0.15) is 28.8 Å². The minimum atomic E-state index is -4.00. The first kappa shape index (κ1) is 27.3. The third-order valence-corrected chi connectivity index (χ3v) is 8.36. The Kier molecular flexibility index (Phi) is 8.12. The molecule has 200 valence electrons. The SMILES string of the molecule is COc1cccc(OC)c1-n1c(NS(=O)(=O)[C@@H](C)[C@H](C)c2ncc(Cl)cn2)nnc1[C@@H](C)c1ccccn1. The predicted octanol–water partition coefficient (Wildman–Crippen LogP) is 4.21. The summed E-state index contributed by atoms with van der Waals surface area (Å²) in [6, 6.07) is 10.8. The summed E-state index contributed by atoms with van der Waals surface area (Å²) < 4.78 is 42.6. The van der Waals surface area contributed by atoms with Gasteiger partial charge in [-0.25, -0.2) is 18.4 Å². The topological polar surface area (TPSA) is 134 Å². The minimum Gasteiger partial charge on any atom is -0.494 e. The number of aromatic nitrogens is 6. The van der Waals surface area contributed by atoms with E-state index in [1.54, 1.807) is 42.8 Å². The van der Waals surface area contributed by atoms with Crippen molar-refractivity contribution in [3.63, 3.8) is 0 Å². The van der Waals surface area contributed by atoms with Gasteiger partial charge in [0.15, 0.2) is 0 Å². The van der Waals surface area contributed by atoms with E-state index in [9.17, 15) is 8.42 Å². The molecular formula is C25H28ClN7O4S. The highest BCUT2D eigenvalue weighted by atomic mass is 35.5. The maximum atomic E-state index is 13.6. The molecule has 0 unspecified atom stereocenters. The van der Waals surface area contributed by atoms with E-state index in [1.807, 2.05) is 25.1 Å². The van der Waals surface area contributed by atoms with Gasteiger partial charge in [0.05, 0.1) is 36.1 Å². The Hall–Kier alpha value is -3.77. The summed E-state index contributed by atoms with van der Waals surface area (Å²) in [5, 5.41) is 8.05. The molecule has 0 bridgehead atoms. The summed E-state index contributed by atoms with van der Waals surface area (Å²) in [6.07, 6.45) is 4.55. The number of hydrogen-bond donors (Lipinski definition) is 1. The van der Waals surface area contributed by atoms with Crippen molar-refractivity contribution in [3.05, 3.63) is 77.4 Å². The fourth-order valence-corrected chi connectivity index (χ4v) is 5.27. The Bertz CT molecular complexity index is 1480. The second-order valence-corrected chi connectivity index (χ2v) is 11.1. The largest absolute Gasteiger partial charge is 0.494 e. The van der Waals surface area contributed by atoms with E-state index in [0.717, 1.165) is 5.69 Å². The van der Waals surface area contributed by atoms with Crippen molar-refractivity contribution in [1.82, 2.24) is 29.7 Å². The number of pyridine rings is 1. The third kappa shape index (κ3) is 5.41. The van der Waals surface area contributed by atoms with Crippen LogP contribution in [-0.2, 0) is 10.0 Å². The number of anilines is 1. The maximum absolute atomic E-state index is 13.6. The number of ether oxygens (including phenoxy) is 2. The van der Waals surface area contributed by atoms with Crippen LogP contribution in [0.1, 0.15) is 49.9 Å². The Morgan fingerprint density at radius 3 is 2.16 bits per heavy atom. The number of benzene rings is 1. The number of para-hydroxylation sites is 1. The number of hydrogen-bond acceptors (Lipinski definition) is 9. The highest BCUT2D eigenvalue weighted by Gasteiger charge is 2.33. The van der Waals surface area contributed by atoms with E-state index < -0.39 is 21.2 Å². The lowest BCUT2D eigenvalue weighted by atomic mass is 10.1. The smallest absolute Gasteiger partial charge is 0.243 e. The Morgan fingerprint density at radius 1 is 0.921 bits per heavy atom.